The summed E-state index contributed by atoms with van der Waals surface area (Å²) in [6.45, 7) is 0. The maximum atomic E-state index is 12.4. The van der Waals surface area contributed by atoms with Gasteiger partial charge in [0.05, 0.1) is 5.69 Å². The third-order valence-electron chi connectivity index (χ3n) is 3.37. The molecule has 0 unspecified atom stereocenters. The summed E-state index contributed by atoms with van der Waals surface area (Å²) in [6, 6.07) is 4.05. The van der Waals surface area contributed by atoms with Crippen molar-refractivity contribution in [3.63, 3.8) is 0 Å². The van der Waals surface area contributed by atoms with E-state index in [2.05, 4.69) is 21.2 Å². The standard InChI is InChI=1S/C12H8BrClN2O3/c13-7-2-1-6(14)5-8(7)16-10(18)12(3-4-12)9(17)15-11(16)19/h1-2,5H,3-4H2,(H,15,17,19). The second-order valence-electron chi connectivity index (χ2n) is 4.58. The van der Waals surface area contributed by atoms with Crippen molar-refractivity contribution < 1.29 is 14.4 Å². The molecule has 2 fully saturated rings. The summed E-state index contributed by atoms with van der Waals surface area (Å²) in [5.74, 6) is -0.985. The molecule has 98 valence electrons. The summed E-state index contributed by atoms with van der Waals surface area (Å²) in [7, 11) is 0. The quantitative estimate of drug-likeness (QED) is 0.797. The Kier molecular flexibility index (Phi) is 2.69. The fourth-order valence-corrected chi connectivity index (χ4v) is 2.71. The van der Waals surface area contributed by atoms with Gasteiger partial charge in [0.2, 0.25) is 5.91 Å². The zero-order valence-electron chi connectivity index (χ0n) is 9.57. The lowest BCUT2D eigenvalue weighted by molar-refractivity contribution is -0.136. The molecule has 2 aliphatic rings. The molecule has 1 heterocycles. The van der Waals surface area contributed by atoms with Crippen LogP contribution >= 0.6 is 27.5 Å². The van der Waals surface area contributed by atoms with Crippen LogP contribution in [0.25, 0.3) is 0 Å². The number of anilines is 1. The van der Waals surface area contributed by atoms with Gasteiger partial charge in [0.15, 0.2) is 0 Å². The molecule has 1 aliphatic heterocycles. The van der Waals surface area contributed by atoms with Crippen LogP contribution < -0.4 is 10.2 Å². The normalized spacial score (nSPS) is 20.7. The molecule has 0 atom stereocenters. The molecule has 1 saturated carbocycles. The van der Waals surface area contributed by atoms with Crippen LogP contribution in [0, 0.1) is 5.41 Å². The highest BCUT2D eigenvalue weighted by Gasteiger charge is 2.62. The zero-order chi connectivity index (χ0) is 13.8. The Balaban J connectivity index is 2.08. The Bertz CT molecular complexity index is 627. The van der Waals surface area contributed by atoms with E-state index in [4.69, 9.17) is 11.6 Å². The van der Waals surface area contributed by atoms with Crippen molar-refractivity contribution in [2.45, 2.75) is 12.8 Å². The number of halogens is 2. The highest BCUT2D eigenvalue weighted by molar-refractivity contribution is 9.10. The van der Waals surface area contributed by atoms with Gasteiger partial charge in [-0.05, 0) is 47.0 Å². The minimum atomic E-state index is -1.06. The lowest BCUT2D eigenvalue weighted by Crippen LogP contribution is -2.59. The van der Waals surface area contributed by atoms with Gasteiger partial charge in [-0.3, -0.25) is 14.9 Å². The molecule has 0 radical (unpaired) electrons. The number of imide groups is 2. The largest absolute Gasteiger partial charge is 0.335 e. The number of carbonyl (C=O) groups is 3. The molecule has 1 saturated heterocycles. The molecule has 1 spiro atoms. The molecular weight excluding hydrogens is 335 g/mol. The number of benzene rings is 1. The molecule has 4 amide bonds. The first-order valence-corrected chi connectivity index (χ1v) is 6.78. The van der Waals surface area contributed by atoms with Gasteiger partial charge in [0, 0.05) is 9.50 Å². The number of nitrogens with one attached hydrogen (secondary N) is 1. The number of nitrogens with zero attached hydrogens (tertiary/aromatic N) is 1. The van der Waals surface area contributed by atoms with Crippen molar-refractivity contribution in [1.29, 1.82) is 0 Å². The van der Waals surface area contributed by atoms with Gasteiger partial charge in [0.1, 0.15) is 5.41 Å². The number of carbonyl (C=O) groups excluding carboxylic acids is 3. The summed E-state index contributed by atoms with van der Waals surface area (Å²) < 4.78 is 0.561. The Morgan fingerprint density at radius 2 is 1.95 bits per heavy atom. The maximum Gasteiger partial charge on any atom is 0.335 e. The highest BCUT2D eigenvalue weighted by Crippen LogP contribution is 2.50. The number of hydrogen-bond donors (Lipinski definition) is 1. The number of urea groups is 1. The Morgan fingerprint density at radius 3 is 2.58 bits per heavy atom. The highest BCUT2D eigenvalue weighted by atomic mass is 79.9. The SMILES string of the molecule is O=C1NC(=O)C2(CC2)C(=O)N1c1cc(Cl)ccc1Br. The molecule has 0 aromatic heterocycles. The average molecular weight is 344 g/mol. The number of barbiturate groups is 1. The van der Waals surface area contributed by atoms with E-state index >= 15 is 0 Å². The van der Waals surface area contributed by atoms with Gasteiger partial charge in [-0.2, -0.15) is 0 Å². The van der Waals surface area contributed by atoms with Crippen LogP contribution in [-0.2, 0) is 9.59 Å². The van der Waals surface area contributed by atoms with E-state index in [1.807, 2.05) is 0 Å². The van der Waals surface area contributed by atoms with Crippen molar-refractivity contribution in [2.75, 3.05) is 4.90 Å². The van der Waals surface area contributed by atoms with E-state index in [1.54, 1.807) is 12.1 Å². The third-order valence-corrected chi connectivity index (χ3v) is 4.28. The van der Waals surface area contributed by atoms with Crippen LogP contribution in [0.5, 0.6) is 0 Å². The molecule has 1 aromatic rings. The summed E-state index contributed by atoms with van der Waals surface area (Å²) in [4.78, 5) is 37.0. The molecular formula is C12H8BrClN2O3. The second-order valence-corrected chi connectivity index (χ2v) is 5.87. The summed E-state index contributed by atoms with van der Waals surface area (Å²) >= 11 is 9.17. The fourth-order valence-electron chi connectivity index (χ4n) is 2.12. The first-order chi connectivity index (χ1) is 8.95. The van der Waals surface area contributed by atoms with E-state index < -0.39 is 23.3 Å². The summed E-state index contributed by atoms with van der Waals surface area (Å²) in [6.07, 6.45) is 0.944. The predicted molar refractivity (Wildman–Crippen MR) is 71.8 cm³/mol. The lowest BCUT2D eigenvalue weighted by atomic mass is 10.0. The topological polar surface area (TPSA) is 66.5 Å². The molecule has 7 heteroatoms. The van der Waals surface area contributed by atoms with Gasteiger partial charge in [-0.1, -0.05) is 11.6 Å². The lowest BCUT2D eigenvalue weighted by Gasteiger charge is -2.30. The van der Waals surface area contributed by atoms with Crippen molar-refractivity contribution in [3.05, 3.63) is 27.7 Å². The van der Waals surface area contributed by atoms with Crippen molar-refractivity contribution in [2.24, 2.45) is 5.41 Å². The van der Waals surface area contributed by atoms with Gasteiger partial charge in [-0.15, -0.1) is 0 Å². The van der Waals surface area contributed by atoms with Gasteiger partial charge in [-0.25, -0.2) is 9.69 Å². The average Bonchev–Trinajstić information content (AvgIpc) is 3.13. The van der Waals surface area contributed by atoms with Crippen LogP contribution in [0.3, 0.4) is 0 Å². The molecule has 3 rings (SSSR count). The predicted octanol–water partition coefficient (Wildman–Crippen LogP) is 2.47. The smallest absolute Gasteiger partial charge is 0.276 e. The van der Waals surface area contributed by atoms with Crippen LogP contribution in [0.15, 0.2) is 22.7 Å². The molecule has 19 heavy (non-hydrogen) atoms. The van der Waals surface area contributed by atoms with Crippen molar-refractivity contribution in [3.8, 4) is 0 Å². The van der Waals surface area contributed by atoms with Crippen LogP contribution in [0.1, 0.15) is 12.8 Å². The Morgan fingerprint density at radius 1 is 1.26 bits per heavy atom. The van der Waals surface area contributed by atoms with E-state index in [9.17, 15) is 14.4 Å². The molecule has 1 aliphatic carbocycles. The van der Waals surface area contributed by atoms with E-state index in [1.165, 1.54) is 6.07 Å². The number of hydrogen-bond acceptors (Lipinski definition) is 3. The van der Waals surface area contributed by atoms with E-state index in [-0.39, 0.29) is 0 Å². The van der Waals surface area contributed by atoms with Crippen LogP contribution in [0.4, 0.5) is 10.5 Å². The third kappa shape index (κ3) is 1.78. The minimum absolute atomic E-state index is 0.341. The first-order valence-electron chi connectivity index (χ1n) is 5.61. The van der Waals surface area contributed by atoms with Crippen LogP contribution in [0.2, 0.25) is 5.02 Å². The summed E-state index contributed by atoms with van der Waals surface area (Å²) in [5.41, 5.74) is -0.718. The second kappa shape index (κ2) is 4.05. The van der Waals surface area contributed by atoms with Crippen molar-refractivity contribution in [1.82, 2.24) is 5.32 Å². The van der Waals surface area contributed by atoms with Crippen LogP contribution in [-0.4, -0.2) is 17.8 Å². The van der Waals surface area contributed by atoms with Gasteiger partial charge < -0.3 is 0 Å². The van der Waals surface area contributed by atoms with E-state index in [0.717, 1.165) is 4.90 Å². The minimum Gasteiger partial charge on any atom is -0.276 e. The van der Waals surface area contributed by atoms with Crippen molar-refractivity contribution >= 4 is 51.1 Å². The Hall–Kier alpha value is -1.40. The first kappa shape index (κ1) is 12.6. The van der Waals surface area contributed by atoms with E-state index in [0.29, 0.717) is 28.0 Å². The molecule has 1 N–H and O–H groups in total. The molecule has 5 nitrogen and oxygen atoms in total. The maximum absolute atomic E-state index is 12.4. The summed E-state index contributed by atoms with van der Waals surface area (Å²) in [5, 5.41) is 2.62. The molecule has 1 aromatic carbocycles. The number of amides is 4. The fraction of sp³-hybridized carbons (Fsp3) is 0.250. The Labute approximate surface area is 122 Å². The number of rotatable bonds is 1. The van der Waals surface area contributed by atoms with Gasteiger partial charge in [0.25, 0.3) is 5.91 Å². The monoisotopic (exact) mass is 342 g/mol. The van der Waals surface area contributed by atoms with Gasteiger partial charge >= 0.3 is 6.03 Å². The molecule has 0 bridgehead atoms. The zero-order valence-corrected chi connectivity index (χ0v) is 11.9.